The van der Waals surface area contributed by atoms with Gasteiger partial charge in [-0.05, 0) is 37.3 Å². The lowest BCUT2D eigenvalue weighted by Gasteiger charge is -2.23. The summed E-state index contributed by atoms with van der Waals surface area (Å²) in [5.74, 6) is 0.613. The summed E-state index contributed by atoms with van der Waals surface area (Å²) in [7, 11) is 1.73. The lowest BCUT2D eigenvalue weighted by molar-refractivity contribution is 0.0113. The lowest BCUT2D eigenvalue weighted by Crippen LogP contribution is -2.35. The van der Waals surface area contributed by atoms with E-state index in [9.17, 15) is 4.79 Å². The molecule has 0 aliphatic carbocycles. The van der Waals surface area contributed by atoms with E-state index in [-0.39, 0.29) is 11.5 Å². The smallest absolute Gasteiger partial charge is 0.255 e. The number of aromatic nitrogens is 1. The van der Waals surface area contributed by atoms with E-state index in [1.54, 1.807) is 25.6 Å². The van der Waals surface area contributed by atoms with Crippen molar-refractivity contribution >= 4 is 5.91 Å². The number of nitrogens with zero attached hydrogens (tertiary/aromatic N) is 2. The fraction of sp³-hybridized carbons (Fsp3) is 0.625. The second-order valence-corrected chi connectivity index (χ2v) is 6.06. The molecule has 1 aromatic heterocycles. The highest BCUT2D eigenvalue weighted by atomic mass is 16.5. The molecule has 2 atom stereocenters. The number of amides is 1. The van der Waals surface area contributed by atoms with Crippen molar-refractivity contribution < 1.29 is 14.3 Å². The summed E-state index contributed by atoms with van der Waals surface area (Å²) < 4.78 is 11.2. The first-order valence-corrected chi connectivity index (χ1v) is 7.55. The van der Waals surface area contributed by atoms with E-state index < -0.39 is 0 Å². The summed E-state index contributed by atoms with van der Waals surface area (Å²) in [5.41, 5.74) is 0.527. The fourth-order valence-electron chi connectivity index (χ4n) is 3.38. The zero-order valence-corrected chi connectivity index (χ0v) is 12.5. The minimum Gasteiger partial charge on any atom is -0.385 e. The van der Waals surface area contributed by atoms with Crippen molar-refractivity contribution in [3.05, 3.63) is 30.1 Å². The highest BCUT2D eigenvalue weighted by molar-refractivity contribution is 5.94. The van der Waals surface area contributed by atoms with E-state index in [0.717, 1.165) is 39.0 Å². The summed E-state index contributed by atoms with van der Waals surface area (Å²) in [6, 6.07) is 3.61. The standard InChI is InChI=1S/C16H22N2O3/c1-20-8-4-13-9-16(21-11-13)5-7-18(12-16)15(19)14-3-2-6-17-10-14/h2-3,6,10,13H,4-5,7-9,11-12H2,1H3/t13-,16-/m0/s1. The van der Waals surface area contributed by atoms with Crippen LogP contribution in [-0.2, 0) is 9.47 Å². The SMILES string of the molecule is COCC[C@@H]1CO[C@@]2(CCN(C(=O)c3cccnc3)C2)C1. The predicted octanol–water partition coefficient (Wildman–Crippen LogP) is 1.74. The summed E-state index contributed by atoms with van der Waals surface area (Å²) in [4.78, 5) is 18.4. The zero-order valence-electron chi connectivity index (χ0n) is 12.5. The van der Waals surface area contributed by atoms with Crippen LogP contribution in [-0.4, -0.2) is 54.8 Å². The monoisotopic (exact) mass is 290 g/mol. The molecule has 114 valence electrons. The number of likely N-dealkylation sites (tertiary alicyclic amines) is 1. The third kappa shape index (κ3) is 3.09. The molecule has 0 N–H and O–H groups in total. The van der Waals surface area contributed by atoms with Crippen molar-refractivity contribution in [1.82, 2.24) is 9.88 Å². The Bertz CT molecular complexity index is 494. The average Bonchev–Trinajstić information content (AvgIpc) is 3.13. The molecule has 1 spiro atoms. The predicted molar refractivity (Wildman–Crippen MR) is 78.0 cm³/mol. The van der Waals surface area contributed by atoms with Crippen molar-refractivity contribution in [1.29, 1.82) is 0 Å². The molecular weight excluding hydrogens is 268 g/mol. The number of carbonyl (C=O) groups excluding carboxylic acids is 1. The molecule has 21 heavy (non-hydrogen) atoms. The van der Waals surface area contributed by atoms with Gasteiger partial charge in [0.05, 0.1) is 24.3 Å². The molecule has 3 heterocycles. The number of hydrogen-bond donors (Lipinski definition) is 0. The van der Waals surface area contributed by atoms with Gasteiger partial charge in [0.1, 0.15) is 0 Å². The molecular formula is C16H22N2O3. The van der Waals surface area contributed by atoms with Crippen molar-refractivity contribution in [3.8, 4) is 0 Å². The second-order valence-electron chi connectivity index (χ2n) is 6.06. The highest BCUT2D eigenvalue weighted by Gasteiger charge is 2.46. The van der Waals surface area contributed by atoms with Crippen LogP contribution in [0.2, 0.25) is 0 Å². The summed E-state index contributed by atoms with van der Waals surface area (Å²) in [5, 5.41) is 0. The maximum absolute atomic E-state index is 12.5. The van der Waals surface area contributed by atoms with Gasteiger partial charge in [-0.1, -0.05) is 0 Å². The maximum atomic E-state index is 12.5. The van der Waals surface area contributed by atoms with Crippen LogP contribution in [0, 0.1) is 5.92 Å². The zero-order chi connectivity index (χ0) is 14.7. The van der Waals surface area contributed by atoms with E-state index in [2.05, 4.69) is 4.98 Å². The number of ether oxygens (including phenoxy) is 2. The van der Waals surface area contributed by atoms with E-state index in [1.807, 2.05) is 11.0 Å². The van der Waals surface area contributed by atoms with Crippen LogP contribution in [0.15, 0.2) is 24.5 Å². The molecule has 2 fully saturated rings. The largest absolute Gasteiger partial charge is 0.385 e. The Hall–Kier alpha value is -1.46. The van der Waals surface area contributed by atoms with E-state index in [1.165, 1.54) is 0 Å². The second kappa shape index (κ2) is 6.12. The van der Waals surface area contributed by atoms with Crippen LogP contribution >= 0.6 is 0 Å². The minimum atomic E-state index is -0.129. The van der Waals surface area contributed by atoms with Crippen LogP contribution in [0.25, 0.3) is 0 Å². The van der Waals surface area contributed by atoms with Gasteiger partial charge in [0.2, 0.25) is 0 Å². The quantitative estimate of drug-likeness (QED) is 0.847. The van der Waals surface area contributed by atoms with Crippen LogP contribution < -0.4 is 0 Å². The first-order chi connectivity index (χ1) is 10.2. The van der Waals surface area contributed by atoms with Crippen molar-refractivity contribution in [2.24, 2.45) is 5.92 Å². The van der Waals surface area contributed by atoms with Gasteiger partial charge in [-0.25, -0.2) is 0 Å². The normalized spacial score (nSPS) is 28.4. The fourth-order valence-corrected chi connectivity index (χ4v) is 3.38. The van der Waals surface area contributed by atoms with Crippen molar-refractivity contribution in [3.63, 3.8) is 0 Å². The number of hydrogen-bond acceptors (Lipinski definition) is 4. The van der Waals surface area contributed by atoms with Crippen molar-refractivity contribution in [2.75, 3.05) is 33.4 Å². The van der Waals surface area contributed by atoms with Crippen LogP contribution in [0.4, 0.5) is 0 Å². The molecule has 5 nitrogen and oxygen atoms in total. The van der Waals surface area contributed by atoms with Gasteiger partial charge < -0.3 is 14.4 Å². The first-order valence-electron chi connectivity index (χ1n) is 7.55. The Labute approximate surface area is 125 Å². The molecule has 2 saturated heterocycles. The first kappa shape index (κ1) is 14.5. The van der Waals surface area contributed by atoms with Gasteiger partial charge in [0.25, 0.3) is 5.91 Å². The van der Waals surface area contributed by atoms with Gasteiger partial charge in [0, 0.05) is 32.7 Å². The third-order valence-corrected chi connectivity index (χ3v) is 4.53. The molecule has 3 rings (SSSR count). The van der Waals surface area contributed by atoms with E-state index in [0.29, 0.717) is 18.0 Å². The molecule has 1 aromatic rings. The molecule has 2 aliphatic rings. The molecule has 0 unspecified atom stereocenters. The van der Waals surface area contributed by atoms with E-state index in [4.69, 9.17) is 9.47 Å². The third-order valence-electron chi connectivity index (χ3n) is 4.53. The Morgan fingerprint density at radius 1 is 1.62 bits per heavy atom. The molecule has 1 amide bonds. The molecule has 0 bridgehead atoms. The molecule has 2 aliphatic heterocycles. The summed E-state index contributed by atoms with van der Waals surface area (Å²) >= 11 is 0. The Morgan fingerprint density at radius 2 is 2.52 bits per heavy atom. The van der Waals surface area contributed by atoms with Gasteiger partial charge in [0.15, 0.2) is 0 Å². The number of rotatable bonds is 4. The van der Waals surface area contributed by atoms with Gasteiger partial charge >= 0.3 is 0 Å². The van der Waals surface area contributed by atoms with Crippen molar-refractivity contribution in [2.45, 2.75) is 24.9 Å². The van der Waals surface area contributed by atoms with Crippen LogP contribution in [0.1, 0.15) is 29.6 Å². The maximum Gasteiger partial charge on any atom is 0.255 e. The topological polar surface area (TPSA) is 51.7 Å². The molecule has 0 radical (unpaired) electrons. The Morgan fingerprint density at radius 3 is 3.29 bits per heavy atom. The van der Waals surface area contributed by atoms with Gasteiger partial charge in [-0.3, -0.25) is 9.78 Å². The molecule has 0 saturated carbocycles. The minimum absolute atomic E-state index is 0.0592. The van der Waals surface area contributed by atoms with Crippen LogP contribution in [0.5, 0.6) is 0 Å². The van der Waals surface area contributed by atoms with Crippen LogP contribution in [0.3, 0.4) is 0 Å². The lowest BCUT2D eigenvalue weighted by atomic mass is 9.92. The molecule has 5 heteroatoms. The van der Waals surface area contributed by atoms with E-state index >= 15 is 0 Å². The Balaban J connectivity index is 1.60. The summed E-state index contributed by atoms with van der Waals surface area (Å²) in [6.45, 7) is 3.04. The number of carbonyl (C=O) groups is 1. The Kier molecular flexibility index (Phi) is 4.22. The summed E-state index contributed by atoms with van der Waals surface area (Å²) in [6.07, 6.45) is 6.32. The van der Waals surface area contributed by atoms with Gasteiger partial charge in [-0.15, -0.1) is 0 Å². The highest BCUT2D eigenvalue weighted by Crippen LogP contribution is 2.39. The number of pyridine rings is 1. The number of methoxy groups -OCH3 is 1. The average molecular weight is 290 g/mol. The molecule has 0 aromatic carbocycles. The van der Waals surface area contributed by atoms with Gasteiger partial charge in [-0.2, -0.15) is 0 Å².